The molecule has 0 fully saturated rings. The first-order chi connectivity index (χ1) is 7.74. The summed E-state index contributed by atoms with van der Waals surface area (Å²) in [5, 5.41) is 2.51. The molecule has 2 aromatic rings. The fourth-order valence-corrected chi connectivity index (χ4v) is 2.54. The van der Waals surface area contributed by atoms with Crippen LogP contribution in [0.2, 0.25) is 0 Å². The van der Waals surface area contributed by atoms with Gasteiger partial charge >= 0.3 is 0 Å². The largest absolute Gasteiger partial charge is 0.106 e. The van der Waals surface area contributed by atoms with Crippen LogP contribution in [0, 0.1) is 6.92 Å². The maximum absolute atomic E-state index is 3.83. The molecule has 0 N–H and O–H groups in total. The minimum atomic E-state index is 1.14. The quantitative estimate of drug-likeness (QED) is 0.615. The lowest BCUT2D eigenvalue weighted by atomic mass is 10.0. The molecule has 0 atom stereocenters. The molecule has 0 aromatic heterocycles. The molecule has 0 aliphatic heterocycles. The Morgan fingerprint density at radius 2 is 1.81 bits per heavy atom. The molecular formula is C15H15Br. The van der Waals surface area contributed by atoms with E-state index in [0.29, 0.717) is 0 Å². The lowest BCUT2D eigenvalue weighted by Gasteiger charge is -2.07. The van der Waals surface area contributed by atoms with Crippen molar-refractivity contribution in [3.05, 3.63) is 65.7 Å². The van der Waals surface area contributed by atoms with Crippen LogP contribution in [-0.4, -0.2) is 0 Å². The van der Waals surface area contributed by atoms with Gasteiger partial charge in [0.1, 0.15) is 0 Å². The number of benzene rings is 2. The van der Waals surface area contributed by atoms with Crippen molar-refractivity contribution in [1.29, 1.82) is 0 Å². The molecular weight excluding hydrogens is 260 g/mol. The van der Waals surface area contributed by atoms with Crippen LogP contribution in [0.25, 0.3) is 16.8 Å². The Morgan fingerprint density at radius 3 is 2.44 bits per heavy atom. The van der Waals surface area contributed by atoms with E-state index in [9.17, 15) is 0 Å². The number of fused-ring (bicyclic) bond motifs is 1. The summed E-state index contributed by atoms with van der Waals surface area (Å²) in [7, 11) is 0. The second-order valence-electron chi connectivity index (χ2n) is 3.35. The highest BCUT2D eigenvalue weighted by atomic mass is 79.9. The molecule has 0 spiro atoms. The molecule has 16 heavy (non-hydrogen) atoms. The van der Waals surface area contributed by atoms with Crippen molar-refractivity contribution in [2.75, 3.05) is 0 Å². The zero-order chi connectivity index (χ0) is 12.1. The number of hydrogen-bond acceptors (Lipinski definition) is 0. The van der Waals surface area contributed by atoms with Crippen molar-refractivity contribution in [2.24, 2.45) is 0 Å². The van der Waals surface area contributed by atoms with E-state index in [2.05, 4.69) is 72.9 Å². The third kappa shape index (κ3) is 2.25. The van der Waals surface area contributed by atoms with E-state index >= 15 is 0 Å². The monoisotopic (exact) mass is 274 g/mol. The van der Waals surface area contributed by atoms with Crippen molar-refractivity contribution in [1.82, 2.24) is 0 Å². The molecule has 0 aliphatic rings. The Labute approximate surface area is 105 Å². The lowest BCUT2D eigenvalue weighted by molar-refractivity contribution is 1.46. The molecule has 0 aliphatic carbocycles. The average molecular weight is 275 g/mol. The molecule has 0 heterocycles. The summed E-state index contributed by atoms with van der Waals surface area (Å²) in [6.45, 7) is 11.9. The molecule has 0 radical (unpaired) electrons. The van der Waals surface area contributed by atoms with E-state index in [0.717, 1.165) is 4.47 Å². The summed E-state index contributed by atoms with van der Waals surface area (Å²) in [4.78, 5) is 0. The molecule has 1 heteroatoms. The fraction of sp³-hybridized carbons (Fsp3) is 0.0667. The van der Waals surface area contributed by atoms with E-state index in [1.165, 1.54) is 21.9 Å². The summed E-state index contributed by atoms with van der Waals surface area (Å²) in [5.41, 5.74) is 2.44. The molecule has 0 saturated heterocycles. The van der Waals surface area contributed by atoms with E-state index in [1.807, 2.05) is 6.08 Å². The van der Waals surface area contributed by atoms with Gasteiger partial charge in [0.05, 0.1) is 0 Å². The van der Waals surface area contributed by atoms with E-state index in [1.54, 1.807) is 0 Å². The van der Waals surface area contributed by atoms with Crippen LogP contribution in [0.3, 0.4) is 0 Å². The average Bonchev–Trinajstić information content (AvgIpc) is 2.32. The Balaban J connectivity index is 0.000000606. The predicted molar refractivity (Wildman–Crippen MR) is 77.7 cm³/mol. The fourth-order valence-electron chi connectivity index (χ4n) is 1.70. The first-order valence-corrected chi connectivity index (χ1v) is 5.83. The smallest absolute Gasteiger partial charge is 0.0328 e. The molecule has 0 nitrogen and oxygen atoms in total. The van der Waals surface area contributed by atoms with E-state index in [4.69, 9.17) is 0 Å². The summed E-state index contributed by atoms with van der Waals surface area (Å²) < 4.78 is 1.14. The van der Waals surface area contributed by atoms with Crippen molar-refractivity contribution in [3.8, 4) is 0 Å². The second kappa shape index (κ2) is 5.66. The second-order valence-corrected chi connectivity index (χ2v) is 4.14. The van der Waals surface area contributed by atoms with Crippen molar-refractivity contribution in [2.45, 2.75) is 6.92 Å². The van der Waals surface area contributed by atoms with E-state index in [-0.39, 0.29) is 0 Å². The summed E-state index contributed by atoms with van der Waals surface area (Å²) in [6, 6.07) is 10.5. The van der Waals surface area contributed by atoms with Gasteiger partial charge in [-0.25, -0.2) is 0 Å². The molecule has 82 valence electrons. The SMILES string of the molecule is C=C.C=Cc1c(C)cc2ccccc2c1Br. The highest BCUT2D eigenvalue weighted by molar-refractivity contribution is 9.10. The van der Waals surface area contributed by atoms with Gasteiger partial charge < -0.3 is 0 Å². The first-order valence-electron chi connectivity index (χ1n) is 5.04. The topological polar surface area (TPSA) is 0 Å². The van der Waals surface area contributed by atoms with Crippen molar-refractivity contribution >= 4 is 32.8 Å². The predicted octanol–water partition coefficient (Wildman–Crippen LogP) is 5.36. The minimum Gasteiger partial charge on any atom is -0.106 e. The van der Waals surface area contributed by atoms with Crippen molar-refractivity contribution < 1.29 is 0 Å². The van der Waals surface area contributed by atoms with Gasteiger partial charge in [-0.3, -0.25) is 0 Å². The van der Waals surface area contributed by atoms with Gasteiger partial charge in [0.2, 0.25) is 0 Å². The highest BCUT2D eigenvalue weighted by Crippen LogP contribution is 2.30. The molecule has 2 aromatic carbocycles. The summed E-state index contributed by atoms with van der Waals surface area (Å²) in [6.07, 6.45) is 1.89. The zero-order valence-electron chi connectivity index (χ0n) is 9.46. The summed E-state index contributed by atoms with van der Waals surface area (Å²) in [5.74, 6) is 0. The maximum atomic E-state index is 3.83. The third-order valence-electron chi connectivity index (χ3n) is 2.43. The Bertz CT molecular complexity index is 512. The van der Waals surface area contributed by atoms with Crippen LogP contribution in [0.4, 0.5) is 0 Å². The first kappa shape index (κ1) is 12.7. The van der Waals surface area contributed by atoms with Crippen LogP contribution >= 0.6 is 15.9 Å². The highest BCUT2D eigenvalue weighted by Gasteiger charge is 2.04. The summed E-state index contributed by atoms with van der Waals surface area (Å²) >= 11 is 3.62. The normalized spacial score (nSPS) is 9.38. The van der Waals surface area contributed by atoms with Gasteiger partial charge in [0.15, 0.2) is 0 Å². The standard InChI is InChI=1S/C13H11Br.C2H4/c1-3-11-9(2)8-10-6-4-5-7-12(10)13(11)14;1-2/h3-8H,1H2,2H3;1-2H2. The Morgan fingerprint density at radius 1 is 1.19 bits per heavy atom. The van der Waals surface area contributed by atoms with Gasteiger partial charge in [0.25, 0.3) is 0 Å². The van der Waals surface area contributed by atoms with Crippen LogP contribution in [-0.2, 0) is 0 Å². The lowest BCUT2D eigenvalue weighted by Crippen LogP contribution is -1.85. The minimum absolute atomic E-state index is 1.14. The number of rotatable bonds is 1. The Kier molecular flexibility index (Phi) is 4.51. The molecule has 0 amide bonds. The van der Waals surface area contributed by atoms with Gasteiger partial charge in [-0.05, 0) is 44.8 Å². The molecule has 0 unspecified atom stereocenters. The van der Waals surface area contributed by atoms with Gasteiger partial charge in [-0.2, -0.15) is 0 Å². The van der Waals surface area contributed by atoms with Crippen LogP contribution in [0.15, 0.2) is 54.5 Å². The maximum Gasteiger partial charge on any atom is 0.0328 e. The zero-order valence-corrected chi connectivity index (χ0v) is 11.0. The molecule has 2 rings (SSSR count). The van der Waals surface area contributed by atoms with E-state index < -0.39 is 0 Å². The molecule has 0 saturated carbocycles. The third-order valence-corrected chi connectivity index (χ3v) is 3.29. The van der Waals surface area contributed by atoms with Gasteiger partial charge in [-0.1, -0.05) is 43.0 Å². The molecule has 0 bridgehead atoms. The van der Waals surface area contributed by atoms with Gasteiger partial charge in [0, 0.05) is 4.47 Å². The number of hydrogen-bond donors (Lipinski definition) is 0. The Hall–Kier alpha value is -1.34. The van der Waals surface area contributed by atoms with Crippen molar-refractivity contribution in [3.63, 3.8) is 0 Å². The van der Waals surface area contributed by atoms with Gasteiger partial charge in [-0.15, -0.1) is 13.2 Å². The number of halogens is 1. The van der Waals surface area contributed by atoms with Crippen LogP contribution < -0.4 is 0 Å². The number of aryl methyl sites for hydroxylation is 1. The van der Waals surface area contributed by atoms with Crippen LogP contribution in [0.5, 0.6) is 0 Å². The van der Waals surface area contributed by atoms with Crippen LogP contribution in [0.1, 0.15) is 11.1 Å².